The number of alkyl halides is 6. The van der Waals surface area contributed by atoms with Gasteiger partial charge in [0.1, 0.15) is 11.5 Å². The summed E-state index contributed by atoms with van der Waals surface area (Å²) in [5, 5.41) is 2.49. The minimum atomic E-state index is -4.86. The van der Waals surface area contributed by atoms with Crippen LogP contribution in [-0.4, -0.2) is 42.5 Å². The third-order valence-electron chi connectivity index (χ3n) is 6.30. The van der Waals surface area contributed by atoms with Gasteiger partial charge in [-0.2, -0.15) is 13.2 Å². The van der Waals surface area contributed by atoms with Crippen LogP contribution in [0.1, 0.15) is 41.9 Å². The van der Waals surface area contributed by atoms with Crippen molar-refractivity contribution in [2.24, 2.45) is 0 Å². The number of halogens is 6. The molecule has 3 heterocycles. The molecule has 1 N–H and O–H groups in total. The van der Waals surface area contributed by atoms with Gasteiger partial charge in [0.25, 0.3) is 0 Å². The fraction of sp³-hybridized carbons (Fsp3) is 0.417. The fourth-order valence-electron chi connectivity index (χ4n) is 4.92. The summed E-state index contributed by atoms with van der Waals surface area (Å²) in [6, 6.07) is 4.44. The van der Waals surface area contributed by atoms with Gasteiger partial charge < -0.3 is 24.1 Å². The van der Waals surface area contributed by atoms with Crippen molar-refractivity contribution in [3.63, 3.8) is 0 Å². The first-order valence-corrected chi connectivity index (χ1v) is 11.2. The Balaban J connectivity index is 1.58. The predicted octanol–water partition coefficient (Wildman–Crippen LogP) is 5.58. The normalized spacial score (nSPS) is 19.7. The molecule has 2 bridgehead atoms. The lowest BCUT2D eigenvalue weighted by Crippen LogP contribution is -2.50. The fourth-order valence-corrected chi connectivity index (χ4v) is 4.92. The first kappa shape index (κ1) is 26.4. The maximum Gasteiger partial charge on any atom is 0.573 e. The van der Waals surface area contributed by atoms with Gasteiger partial charge >= 0.3 is 24.5 Å². The monoisotopic (exact) mass is 532 g/mol. The number of carbonyl (C=O) groups excluding carboxylic acids is 2. The Morgan fingerprint density at radius 1 is 1.11 bits per heavy atom. The summed E-state index contributed by atoms with van der Waals surface area (Å²) in [4.78, 5) is 27.2. The van der Waals surface area contributed by atoms with Crippen LogP contribution >= 0.6 is 0 Å². The zero-order valence-electron chi connectivity index (χ0n) is 19.6. The number of amides is 2. The second-order valence-electron chi connectivity index (χ2n) is 8.68. The van der Waals surface area contributed by atoms with Crippen molar-refractivity contribution < 1.29 is 49.8 Å². The summed E-state index contributed by atoms with van der Waals surface area (Å²) in [6.45, 7) is 0.925. The Labute approximate surface area is 207 Å². The van der Waals surface area contributed by atoms with E-state index in [1.165, 1.54) is 37.1 Å². The summed E-state index contributed by atoms with van der Waals surface area (Å²) < 4.78 is 90.7. The van der Waals surface area contributed by atoms with Crippen LogP contribution in [0.25, 0.3) is 5.57 Å². The van der Waals surface area contributed by atoms with E-state index in [1.807, 2.05) is 0 Å². The van der Waals surface area contributed by atoms with E-state index in [0.717, 1.165) is 12.1 Å². The van der Waals surface area contributed by atoms with E-state index in [0.29, 0.717) is 24.0 Å². The summed E-state index contributed by atoms with van der Waals surface area (Å²) in [7, 11) is 1.17. The molecule has 0 saturated carbocycles. The van der Waals surface area contributed by atoms with E-state index < -0.39 is 48.6 Å². The van der Waals surface area contributed by atoms with Gasteiger partial charge in [0.15, 0.2) is 0 Å². The van der Waals surface area contributed by atoms with Gasteiger partial charge in [-0.25, -0.2) is 9.59 Å². The minimum Gasteiger partial charge on any atom is -0.466 e. The van der Waals surface area contributed by atoms with Gasteiger partial charge in [-0.3, -0.25) is 0 Å². The van der Waals surface area contributed by atoms with Gasteiger partial charge in [-0.15, -0.1) is 13.2 Å². The van der Waals surface area contributed by atoms with Gasteiger partial charge in [0.05, 0.1) is 18.7 Å². The predicted molar refractivity (Wildman–Crippen MR) is 116 cm³/mol. The molecule has 1 fully saturated rings. The summed E-state index contributed by atoms with van der Waals surface area (Å²) >= 11 is 0. The smallest absolute Gasteiger partial charge is 0.466 e. The molecule has 0 radical (unpaired) electrons. The molecule has 0 aliphatic carbocycles. The lowest BCUT2D eigenvalue weighted by molar-refractivity contribution is -0.274. The zero-order valence-corrected chi connectivity index (χ0v) is 19.6. The number of nitrogens with one attached hydrogen (secondary N) is 1. The molecule has 37 heavy (non-hydrogen) atoms. The summed E-state index contributed by atoms with van der Waals surface area (Å²) in [5.74, 6) is -2.29. The number of rotatable bonds is 5. The second kappa shape index (κ2) is 9.67. The average molecular weight is 532 g/mol. The molecule has 1 aromatic heterocycles. The van der Waals surface area contributed by atoms with Crippen molar-refractivity contribution in [3.8, 4) is 5.75 Å². The van der Waals surface area contributed by atoms with Crippen molar-refractivity contribution in [1.82, 2.24) is 10.2 Å². The van der Waals surface area contributed by atoms with E-state index in [2.05, 4.69) is 10.1 Å². The number of hydrogen-bond donors (Lipinski definition) is 1. The Bertz CT molecular complexity index is 1220. The van der Waals surface area contributed by atoms with Crippen LogP contribution in [0.15, 0.2) is 40.3 Å². The number of urea groups is 1. The molecule has 13 heteroatoms. The van der Waals surface area contributed by atoms with Crippen molar-refractivity contribution >= 4 is 17.6 Å². The molecule has 4 rings (SSSR count). The molecular formula is C24H22F6N2O5. The van der Waals surface area contributed by atoms with E-state index >= 15 is 0 Å². The number of benzene rings is 1. The first-order valence-electron chi connectivity index (χ1n) is 11.2. The Morgan fingerprint density at radius 3 is 2.38 bits per heavy atom. The molecule has 1 saturated heterocycles. The number of methoxy groups -OCH3 is 1. The van der Waals surface area contributed by atoms with Crippen LogP contribution in [0.4, 0.5) is 31.1 Å². The maximum absolute atomic E-state index is 13.2. The Morgan fingerprint density at radius 2 is 1.78 bits per heavy atom. The van der Waals surface area contributed by atoms with Crippen molar-refractivity contribution in [2.75, 3.05) is 7.11 Å². The standard InChI is InChI=1S/C24H22F6N2O5/c1-12-9-14(20(36-12)23(25,26)27)11-31-22(34)32-15-5-8-18(32)19(21(33)35-2)17(10-15)13-3-6-16(7-4-13)37-24(28,29)30/h3-4,6-7,9,15,18H,5,8,10-11H2,1-2H3,(H,31,34)/t15-,18+/m0/s1. The molecular weight excluding hydrogens is 510 g/mol. The lowest BCUT2D eigenvalue weighted by atomic mass is 9.88. The van der Waals surface area contributed by atoms with E-state index in [-0.39, 0.29) is 29.4 Å². The van der Waals surface area contributed by atoms with Crippen LogP contribution in [0.3, 0.4) is 0 Å². The molecule has 2 atom stereocenters. The quantitative estimate of drug-likeness (QED) is 0.402. The third-order valence-corrected chi connectivity index (χ3v) is 6.30. The highest BCUT2D eigenvalue weighted by molar-refractivity contribution is 6.01. The van der Waals surface area contributed by atoms with Gasteiger partial charge in [-0.1, -0.05) is 12.1 Å². The molecule has 1 aromatic carbocycles. The van der Waals surface area contributed by atoms with E-state index in [1.54, 1.807) is 0 Å². The van der Waals surface area contributed by atoms with Crippen molar-refractivity contribution in [2.45, 2.75) is 57.4 Å². The van der Waals surface area contributed by atoms with Crippen LogP contribution in [0.5, 0.6) is 5.75 Å². The lowest BCUT2D eigenvalue weighted by Gasteiger charge is -2.37. The Hall–Kier alpha value is -3.64. The number of aryl methyl sites for hydroxylation is 1. The number of fused-ring (bicyclic) bond motifs is 2. The second-order valence-corrected chi connectivity index (χ2v) is 8.68. The average Bonchev–Trinajstić information content (AvgIpc) is 3.34. The number of hydrogen-bond acceptors (Lipinski definition) is 5. The number of carbonyl (C=O) groups is 2. The van der Waals surface area contributed by atoms with Crippen LogP contribution in [-0.2, 0) is 22.3 Å². The number of esters is 1. The van der Waals surface area contributed by atoms with Crippen molar-refractivity contribution in [3.05, 3.63) is 58.6 Å². The highest BCUT2D eigenvalue weighted by atomic mass is 19.4. The molecule has 2 aliphatic rings. The van der Waals surface area contributed by atoms with Crippen LogP contribution in [0, 0.1) is 6.92 Å². The van der Waals surface area contributed by atoms with Gasteiger partial charge in [0, 0.05) is 18.2 Å². The number of furan rings is 1. The molecule has 7 nitrogen and oxygen atoms in total. The van der Waals surface area contributed by atoms with Crippen LogP contribution < -0.4 is 10.1 Å². The van der Waals surface area contributed by atoms with Crippen LogP contribution in [0.2, 0.25) is 0 Å². The summed E-state index contributed by atoms with van der Waals surface area (Å²) in [5.41, 5.74) is 0.932. The largest absolute Gasteiger partial charge is 0.573 e. The molecule has 0 spiro atoms. The van der Waals surface area contributed by atoms with E-state index in [9.17, 15) is 35.9 Å². The maximum atomic E-state index is 13.2. The SMILES string of the molecule is COC(=O)C1=C(c2ccc(OC(F)(F)F)cc2)C[C@@H]2CC[C@H]1N2C(=O)NCc1cc(C)oc1C(F)(F)F. The zero-order chi connectivity index (χ0) is 27.1. The molecule has 2 aliphatic heterocycles. The molecule has 0 unspecified atom stereocenters. The highest BCUT2D eigenvalue weighted by Crippen LogP contribution is 2.44. The molecule has 2 aromatic rings. The minimum absolute atomic E-state index is 0.0434. The number of ether oxygens (including phenoxy) is 2. The third kappa shape index (κ3) is 5.54. The van der Waals surface area contributed by atoms with Gasteiger partial charge in [0.2, 0.25) is 5.76 Å². The molecule has 2 amide bonds. The summed E-state index contributed by atoms with van der Waals surface area (Å²) in [6.07, 6.45) is -8.47. The first-order chi connectivity index (χ1) is 17.3. The molecule has 200 valence electrons. The Kier molecular flexibility index (Phi) is 6.91. The van der Waals surface area contributed by atoms with E-state index in [4.69, 9.17) is 9.15 Å². The topological polar surface area (TPSA) is 81.0 Å². The highest BCUT2D eigenvalue weighted by Gasteiger charge is 2.47. The number of nitrogens with zero attached hydrogens (tertiary/aromatic N) is 1. The van der Waals surface area contributed by atoms with Gasteiger partial charge in [-0.05, 0) is 55.5 Å². The van der Waals surface area contributed by atoms with Crippen molar-refractivity contribution in [1.29, 1.82) is 0 Å².